The molecule has 3 nitrogen and oxygen atoms in total. The van der Waals surface area contributed by atoms with Gasteiger partial charge in [-0.15, -0.1) is 0 Å². The van der Waals surface area contributed by atoms with Crippen molar-refractivity contribution < 1.29 is 4.79 Å². The first-order valence-corrected chi connectivity index (χ1v) is 4.65. The summed E-state index contributed by atoms with van der Waals surface area (Å²) in [5.41, 5.74) is 5.76. The number of carbonyl (C=O) groups is 1. The Balaban J connectivity index is 2.21. The standard InChI is InChI=1S/C9H18N2O/c1-8(7-12)6-11-4-2-9(10)3-5-11/h7-9H,2-6,10H2,1H3/t8-/m0/s1. The van der Waals surface area contributed by atoms with Crippen molar-refractivity contribution in [2.45, 2.75) is 25.8 Å². The number of nitrogens with two attached hydrogens (primary N) is 1. The van der Waals surface area contributed by atoms with Gasteiger partial charge in [-0.3, -0.25) is 0 Å². The van der Waals surface area contributed by atoms with Crippen LogP contribution in [0.15, 0.2) is 0 Å². The number of rotatable bonds is 3. The molecule has 0 aromatic heterocycles. The monoisotopic (exact) mass is 170 g/mol. The van der Waals surface area contributed by atoms with Gasteiger partial charge in [-0.1, -0.05) is 6.92 Å². The van der Waals surface area contributed by atoms with Crippen molar-refractivity contribution >= 4 is 6.29 Å². The zero-order chi connectivity index (χ0) is 8.97. The molecular formula is C9H18N2O. The highest BCUT2D eigenvalue weighted by atomic mass is 16.1. The lowest BCUT2D eigenvalue weighted by molar-refractivity contribution is -0.111. The molecule has 0 aromatic rings. The highest BCUT2D eigenvalue weighted by molar-refractivity contribution is 5.52. The maximum Gasteiger partial charge on any atom is 0.124 e. The van der Waals surface area contributed by atoms with E-state index in [1.807, 2.05) is 6.92 Å². The van der Waals surface area contributed by atoms with Gasteiger partial charge in [-0.05, 0) is 25.9 Å². The zero-order valence-corrected chi connectivity index (χ0v) is 7.70. The molecule has 70 valence electrons. The molecular weight excluding hydrogens is 152 g/mol. The van der Waals surface area contributed by atoms with E-state index in [-0.39, 0.29) is 5.92 Å². The van der Waals surface area contributed by atoms with Crippen LogP contribution in [0, 0.1) is 5.92 Å². The number of carbonyl (C=O) groups excluding carboxylic acids is 1. The third-order valence-electron chi connectivity index (χ3n) is 2.41. The van der Waals surface area contributed by atoms with Gasteiger partial charge in [-0.25, -0.2) is 0 Å². The SMILES string of the molecule is C[C@H](C=O)CN1CCC(N)CC1. The number of hydrogen-bond donors (Lipinski definition) is 1. The van der Waals surface area contributed by atoms with E-state index < -0.39 is 0 Å². The molecule has 1 atom stereocenters. The Morgan fingerprint density at radius 2 is 2.17 bits per heavy atom. The normalized spacial score (nSPS) is 23.8. The fourth-order valence-corrected chi connectivity index (χ4v) is 1.59. The van der Waals surface area contributed by atoms with Crippen LogP contribution in [0.2, 0.25) is 0 Å². The van der Waals surface area contributed by atoms with Crippen LogP contribution in [0.3, 0.4) is 0 Å². The molecule has 0 aliphatic carbocycles. The largest absolute Gasteiger partial charge is 0.328 e. The number of piperidine rings is 1. The molecule has 1 saturated heterocycles. The fraction of sp³-hybridized carbons (Fsp3) is 0.889. The second-order valence-electron chi connectivity index (χ2n) is 3.75. The van der Waals surface area contributed by atoms with Crippen LogP contribution < -0.4 is 5.73 Å². The van der Waals surface area contributed by atoms with E-state index in [2.05, 4.69) is 4.90 Å². The third-order valence-corrected chi connectivity index (χ3v) is 2.41. The predicted octanol–water partition coefficient (Wildman–Crippen LogP) is 0.244. The first-order chi connectivity index (χ1) is 5.72. The summed E-state index contributed by atoms with van der Waals surface area (Å²) in [7, 11) is 0. The van der Waals surface area contributed by atoms with Crippen LogP contribution in [0.4, 0.5) is 0 Å². The first-order valence-electron chi connectivity index (χ1n) is 4.65. The Morgan fingerprint density at radius 1 is 1.58 bits per heavy atom. The molecule has 1 aliphatic rings. The van der Waals surface area contributed by atoms with Gasteiger partial charge in [0.25, 0.3) is 0 Å². The van der Waals surface area contributed by atoms with Gasteiger partial charge in [0.2, 0.25) is 0 Å². The van der Waals surface area contributed by atoms with E-state index in [9.17, 15) is 4.79 Å². The Kier molecular flexibility index (Phi) is 3.69. The molecule has 2 N–H and O–H groups in total. The lowest BCUT2D eigenvalue weighted by Gasteiger charge is -2.30. The molecule has 0 aromatic carbocycles. The highest BCUT2D eigenvalue weighted by Gasteiger charge is 2.16. The predicted molar refractivity (Wildman–Crippen MR) is 48.9 cm³/mol. The van der Waals surface area contributed by atoms with Crippen LogP contribution in [0.5, 0.6) is 0 Å². The summed E-state index contributed by atoms with van der Waals surface area (Å²) in [5, 5.41) is 0. The highest BCUT2D eigenvalue weighted by Crippen LogP contribution is 2.09. The van der Waals surface area contributed by atoms with E-state index in [0.29, 0.717) is 6.04 Å². The van der Waals surface area contributed by atoms with Crippen molar-refractivity contribution in [3.63, 3.8) is 0 Å². The molecule has 0 radical (unpaired) electrons. The number of hydrogen-bond acceptors (Lipinski definition) is 3. The van der Waals surface area contributed by atoms with Crippen LogP contribution in [0.25, 0.3) is 0 Å². The van der Waals surface area contributed by atoms with Crippen molar-refractivity contribution in [2.24, 2.45) is 11.7 Å². The molecule has 0 unspecified atom stereocenters. The van der Waals surface area contributed by atoms with Gasteiger partial charge in [0.15, 0.2) is 0 Å². The summed E-state index contributed by atoms with van der Waals surface area (Å²) in [6, 6.07) is 0.382. The van der Waals surface area contributed by atoms with Gasteiger partial charge in [0, 0.05) is 18.5 Å². The molecule has 1 aliphatic heterocycles. The molecule has 0 saturated carbocycles. The maximum atomic E-state index is 10.4. The second-order valence-corrected chi connectivity index (χ2v) is 3.75. The molecule has 3 heteroatoms. The van der Waals surface area contributed by atoms with Crippen molar-refractivity contribution in [3.8, 4) is 0 Å². The summed E-state index contributed by atoms with van der Waals surface area (Å²) in [4.78, 5) is 12.7. The first kappa shape index (κ1) is 9.68. The fourth-order valence-electron chi connectivity index (χ4n) is 1.59. The van der Waals surface area contributed by atoms with E-state index in [1.54, 1.807) is 0 Å². The van der Waals surface area contributed by atoms with Crippen molar-refractivity contribution in [1.82, 2.24) is 4.90 Å². The Labute approximate surface area is 73.9 Å². The average Bonchev–Trinajstić information content (AvgIpc) is 2.09. The molecule has 0 spiro atoms. The minimum Gasteiger partial charge on any atom is -0.328 e. The summed E-state index contributed by atoms with van der Waals surface area (Å²) >= 11 is 0. The maximum absolute atomic E-state index is 10.4. The van der Waals surface area contributed by atoms with Gasteiger partial charge in [0.1, 0.15) is 6.29 Å². The quantitative estimate of drug-likeness (QED) is 0.617. The molecule has 1 rings (SSSR count). The summed E-state index contributed by atoms with van der Waals surface area (Å²) in [5.74, 6) is 0.166. The lowest BCUT2D eigenvalue weighted by atomic mass is 10.0. The van der Waals surface area contributed by atoms with Gasteiger partial charge >= 0.3 is 0 Å². The number of likely N-dealkylation sites (tertiary alicyclic amines) is 1. The zero-order valence-electron chi connectivity index (χ0n) is 7.70. The van der Waals surface area contributed by atoms with Crippen LogP contribution in [-0.2, 0) is 4.79 Å². The summed E-state index contributed by atoms with van der Waals surface area (Å²) < 4.78 is 0. The van der Waals surface area contributed by atoms with Gasteiger partial charge in [-0.2, -0.15) is 0 Å². The minimum absolute atomic E-state index is 0.166. The van der Waals surface area contributed by atoms with E-state index in [4.69, 9.17) is 5.73 Å². The van der Waals surface area contributed by atoms with Crippen LogP contribution >= 0.6 is 0 Å². The minimum atomic E-state index is 0.166. The molecule has 0 amide bonds. The van der Waals surface area contributed by atoms with Crippen molar-refractivity contribution in [1.29, 1.82) is 0 Å². The van der Waals surface area contributed by atoms with Crippen molar-refractivity contribution in [2.75, 3.05) is 19.6 Å². The van der Waals surface area contributed by atoms with Crippen LogP contribution in [-0.4, -0.2) is 36.9 Å². The van der Waals surface area contributed by atoms with Gasteiger partial charge < -0.3 is 15.4 Å². The molecule has 1 fully saturated rings. The summed E-state index contributed by atoms with van der Waals surface area (Å²) in [6.45, 7) is 4.97. The third kappa shape index (κ3) is 2.91. The lowest BCUT2D eigenvalue weighted by Crippen LogP contribution is -2.41. The molecule has 0 bridgehead atoms. The summed E-state index contributed by atoms with van der Waals surface area (Å²) in [6.07, 6.45) is 3.17. The number of aldehydes is 1. The second kappa shape index (κ2) is 4.58. The van der Waals surface area contributed by atoms with Crippen molar-refractivity contribution in [3.05, 3.63) is 0 Å². The van der Waals surface area contributed by atoms with E-state index in [1.165, 1.54) is 0 Å². The Hall–Kier alpha value is -0.410. The number of nitrogens with zero attached hydrogens (tertiary/aromatic N) is 1. The Morgan fingerprint density at radius 3 is 2.67 bits per heavy atom. The Bertz CT molecular complexity index is 141. The van der Waals surface area contributed by atoms with Gasteiger partial charge in [0.05, 0.1) is 0 Å². The average molecular weight is 170 g/mol. The topological polar surface area (TPSA) is 46.3 Å². The molecule has 12 heavy (non-hydrogen) atoms. The van der Waals surface area contributed by atoms with Crippen LogP contribution in [0.1, 0.15) is 19.8 Å². The van der Waals surface area contributed by atoms with E-state index >= 15 is 0 Å². The smallest absolute Gasteiger partial charge is 0.124 e. The van der Waals surface area contributed by atoms with E-state index in [0.717, 1.165) is 38.8 Å². The molecule has 1 heterocycles.